The van der Waals surface area contributed by atoms with Crippen molar-refractivity contribution in [3.05, 3.63) is 35.6 Å². The maximum atomic E-state index is 13.0. The fraction of sp³-hybridized carbons (Fsp3) is 0.562. The molecule has 1 amide bonds. The first-order valence-corrected chi connectivity index (χ1v) is 7.68. The molecule has 120 valence electrons. The maximum Gasteiger partial charge on any atom is 0.224 e. The summed E-state index contributed by atoms with van der Waals surface area (Å²) in [7, 11) is 0. The van der Waals surface area contributed by atoms with Gasteiger partial charge in [0, 0.05) is 25.6 Å². The number of nitrogens with one attached hydrogen (secondary N) is 1. The van der Waals surface area contributed by atoms with E-state index in [0.29, 0.717) is 39.3 Å². The van der Waals surface area contributed by atoms with Crippen LogP contribution in [0.5, 0.6) is 0 Å². The van der Waals surface area contributed by atoms with Crippen molar-refractivity contribution in [1.29, 1.82) is 0 Å². The quantitative estimate of drug-likeness (QED) is 0.909. The Hall–Kier alpha value is -1.50. The number of hydrogen-bond acceptors (Lipinski definition) is 4. The van der Waals surface area contributed by atoms with Gasteiger partial charge >= 0.3 is 0 Å². The van der Waals surface area contributed by atoms with Crippen LogP contribution in [-0.2, 0) is 14.3 Å². The van der Waals surface area contributed by atoms with Gasteiger partial charge in [-0.1, -0.05) is 12.1 Å². The molecule has 0 saturated carbocycles. The number of carbonyl (C=O) groups excluding carboxylic acids is 1. The van der Waals surface area contributed by atoms with E-state index in [2.05, 4.69) is 5.32 Å². The standard InChI is InChI=1S/C16H21FN2O3/c17-13-3-1-12(2-4-13)15-10-19(6-8-22-15)16(20)9-14-11-21-7-5-18-14/h1-4,14-15,18H,5-11H2. The van der Waals surface area contributed by atoms with E-state index in [1.54, 1.807) is 12.1 Å². The summed E-state index contributed by atoms with van der Waals surface area (Å²) in [5.74, 6) is -0.158. The second-order valence-corrected chi connectivity index (χ2v) is 5.68. The summed E-state index contributed by atoms with van der Waals surface area (Å²) >= 11 is 0. The number of hydrogen-bond donors (Lipinski definition) is 1. The summed E-state index contributed by atoms with van der Waals surface area (Å²) in [4.78, 5) is 14.2. The fourth-order valence-electron chi connectivity index (χ4n) is 2.85. The van der Waals surface area contributed by atoms with Crippen LogP contribution in [0.4, 0.5) is 4.39 Å². The van der Waals surface area contributed by atoms with Crippen LogP contribution in [0.1, 0.15) is 18.1 Å². The Morgan fingerprint density at radius 1 is 1.32 bits per heavy atom. The van der Waals surface area contributed by atoms with Gasteiger partial charge in [-0.25, -0.2) is 4.39 Å². The molecule has 2 fully saturated rings. The molecule has 0 aromatic heterocycles. The Bertz CT molecular complexity index is 503. The number of carbonyl (C=O) groups is 1. The van der Waals surface area contributed by atoms with Gasteiger partial charge in [-0.15, -0.1) is 0 Å². The van der Waals surface area contributed by atoms with Crippen molar-refractivity contribution in [3.8, 4) is 0 Å². The van der Waals surface area contributed by atoms with E-state index in [9.17, 15) is 9.18 Å². The molecule has 2 heterocycles. The van der Waals surface area contributed by atoms with Gasteiger partial charge in [-0.3, -0.25) is 4.79 Å². The molecular weight excluding hydrogens is 287 g/mol. The van der Waals surface area contributed by atoms with E-state index in [1.165, 1.54) is 12.1 Å². The molecule has 0 aliphatic carbocycles. The molecule has 1 aromatic carbocycles. The van der Waals surface area contributed by atoms with E-state index >= 15 is 0 Å². The van der Waals surface area contributed by atoms with Crippen LogP contribution in [0, 0.1) is 5.82 Å². The summed E-state index contributed by atoms with van der Waals surface area (Å²) in [5.41, 5.74) is 0.901. The molecule has 2 unspecified atom stereocenters. The number of nitrogens with zero attached hydrogens (tertiary/aromatic N) is 1. The minimum Gasteiger partial charge on any atom is -0.378 e. The van der Waals surface area contributed by atoms with Crippen LogP contribution < -0.4 is 5.32 Å². The fourth-order valence-corrected chi connectivity index (χ4v) is 2.85. The zero-order chi connectivity index (χ0) is 15.4. The SMILES string of the molecule is O=C(CC1COCCN1)N1CCOC(c2ccc(F)cc2)C1. The lowest BCUT2D eigenvalue weighted by atomic mass is 10.1. The number of benzene rings is 1. The first kappa shape index (κ1) is 15.4. The van der Waals surface area contributed by atoms with E-state index in [1.807, 2.05) is 4.90 Å². The third-order valence-electron chi connectivity index (χ3n) is 4.08. The van der Waals surface area contributed by atoms with Crippen molar-refractivity contribution in [2.45, 2.75) is 18.6 Å². The normalized spacial score (nSPS) is 26.0. The van der Waals surface area contributed by atoms with E-state index < -0.39 is 0 Å². The minimum atomic E-state index is -0.268. The summed E-state index contributed by atoms with van der Waals surface area (Å²) in [6.45, 7) is 3.69. The van der Waals surface area contributed by atoms with Crippen LogP contribution >= 0.6 is 0 Å². The molecular formula is C16H21FN2O3. The van der Waals surface area contributed by atoms with Crippen LogP contribution in [0.2, 0.25) is 0 Å². The Balaban J connectivity index is 1.57. The average Bonchev–Trinajstić information content (AvgIpc) is 2.56. The zero-order valence-electron chi connectivity index (χ0n) is 12.5. The highest BCUT2D eigenvalue weighted by molar-refractivity contribution is 5.77. The van der Waals surface area contributed by atoms with Crippen molar-refractivity contribution in [3.63, 3.8) is 0 Å². The summed E-state index contributed by atoms with van der Waals surface area (Å²) in [5, 5.41) is 3.29. The number of amides is 1. The molecule has 2 atom stereocenters. The van der Waals surface area contributed by atoms with Crippen molar-refractivity contribution in [2.75, 3.05) is 39.5 Å². The molecule has 1 aromatic rings. The predicted molar refractivity (Wildman–Crippen MR) is 78.9 cm³/mol. The number of morpholine rings is 2. The minimum absolute atomic E-state index is 0.0911. The van der Waals surface area contributed by atoms with Gasteiger partial charge in [0.1, 0.15) is 11.9 Å². The average molecular weight is 308 g/mol. The van der Waals surface area contributed by atoms with Crippen molar-refractivity contribution >= 4 is 5.91 Å². The van der Waals surface area contributed by atoms with Crippen LogP contribution in [0.3, 0.4) is 0 Å². The Labute approximate surface area is 129 Å². The molecule has 0 radical (unpaired) electrons. The van der Waals surface area contributed by atoms with Crippen molar-refractivity contribution < 1.29 is 18.7 Å². The number of halogens is 1. The molecule has 2 saturated heterocycles. The first-order chi connectivity index (χ1) is 10.7. The van der Waals surface area contributed by atoms with Crippen LogP contribution in [0.25, 0.3) is 0 Å². The molecule has 0 spiro atoms. The second-order valence-electron chi connectivity index (χ2n) is 5.68. The third kappa shape index (κ3) is 3.82. The lowest BCUT2D eigenvalue weighted by Gasteiger charge is -2.34. The summed E-state index contributed by atoms with van der Waals surface area (Å²) in [6, 6.07) is 6.36. The van der Waals surface area contributed by atoms with E-state index in [-0.39, 0.29) is 23.9 Å². The first-order valence-electron chi connectivity index (χ1n) is 7.68. The highest BCUT2D eigenvalue weighted by Gasteiger charge is 2.27. The van der Waals surface area contributed by atoms with Gasteiger partial charge in [-0.2, -0.15) is 0 Å². The second kappa shape index (κ2) is 7.17. The monoisotopic (exact) mass is 308 g/mol. The van der Waals surface area contributed by atoms with E-state index in [0.717, 1.165) is 12.1 Å². The molecule has 2 aliphatic rings. The van der Waals surface area contributed by atoms with Gasteiger partial charge in [-0.05, 0) is 17.7 Å². The van der Waals surface area contributed by atoms with Gasteiger partial charge in [0.2, 0.25) is 5.91 Å². The van der Waals surface area contributed by atoms with Gasteiger partial charge in [0.25, 0.3) is 0 Å². The highest BCUT2D eigenvalue weighted by Crippen LogP contribution is 2.23. The zero-order valence-corrected chi connectivity index (χ0v) is 12.5. The molecule has 3 rings (SSSR count). The molecule has 1 N–H and O–H groups in total. The molecule has 0 bridgehead atoms. The van der Waals surface area contributed by atoms with Crippen LogP contribution in [-0.4, -0.2) is 56.3 Å². The lowest BCUT2D eigenvalue weighted by Crippen LogP contribution is -2.48. The van der Waals surface area contributed by atoms with Gasteiger partial charge in [0.15, 0.2) is 0 Å². The largest absolute Gasteiger partial charge is 0.378 e. The Morgan fingerprint density at radius 2 is 2.14 bits per heavy atom. The number of rotatable bonds is 3. The predicted octanol–water partition coefficient (Wildman–Crippen LogP) is 1.10. The third-order valence-corrected chi connectivity index (χ3v) is 4.08. The maximum absolute atomic E-state index is 13.0. The molecule has 2 aliphatic heterocycles. The topological polar surface area (TPSA) is 50.8 Å². The molecule has 22 heavy (non-hydrogen) atoms. The summed E-state index contributed by atoms with van der Waals surface area (Å²) < 4.78 is 24.1. The smallest absolute Gasteiger partial charge is 0.224 e. The molecule has 5 nitrogen and oxygen atoms in total. The molecule has 6 heteroatoms. The number of ether oxygens (including phenoxy) is 2. The van der Waals surface area contributed by atoms with Crippen molar-refractivity contribution in [2.24, 2.45) is 0 Å². The Morgan fingerprint density at radius 3 is 2.86 bits per heavy atom. The van der Waals surface area contributed by atoms with Gasteiger partial charge in [0.05, 0.1) is 26.4 Å². The van der Waals surface area contributed by atoms with Crippen molar-refractivity contribution in [1.82, 2.24) is 10.2 Å². The lowest BCUT2D eigenvalue weighted by molar-refractivity contribution is -0.140. The highest BCUT2D eigenvalue weighted by atomic mass is 19.1. The van der Waals surface area contributed by atoms with E-state index in [4.69, 9.17) is 9.47 Å². The Kier molecular flexibility index (Phi) is 5.02. The van der Waals surface area contributed by atoms with Gasteiger partial charge < -0.3 is 19.7 Å². The van der Waals surface area contributed by atoms with Crippen LogP contribution in [0.15, 0.2) is 24.3 Å². The summed E-state index contributed by atoms with van der Waals surface area (Å²) in [6.07, 6.45) is 0.254.